The third-order valence-electron chi connectivity index (χ3n) is 2.85. The highest BCUT2D eigenvalue weighted by Gasteiger charge is 2.11. The molecule has 0 amide bonds. The minimum Gasteiger partial charge on any atom is -0.0891 e. The van der Waals surface area contributed by atoms with E-state index in [1.54, 1.807) is 0 Å². The van der Waals surface area contributed by atoms with E-state index < -0.39 is 0 Å². The quantitative estimate of drug-likeness (QED) is 0.412. The van der Waals surface area contributed by atoms with E-state index in [1.807, 2.05) is 0 Å². The standard InChI is InChI=1S/C12H25Br/c1-4-6-7-8-9-10-12(5-2)11(3)13/h11-12H,4-10H2,1-3H3. The lowest BCUT2D eigenvalue weighted by Crippen LogP contribution is -2.09. The van der Waals surface area contributed by atoms with Crippen molar-refractivity contribution in [3.63, 3.8) is 0 Å². The molecule has 0 saturated heterocycles. The van der Waals surface area contributed by atoms with Crippen LogP contribution in [0.2, 0.25) is 0 Å². The van der Waals surface area contributed by atoms with Crippen molar-refractivity contribution in [1.82, 2.24) is 0 Å². The molecule has 1 heteroatoms. The summed E-state index contributed by atoms with van der Waals surface area (Å²) in [7, 11) is 0. The minimum atomic E-state index is 0.698. The first kappa shape index (κ1) is 13.5. The Kier molecular flexibility index (Phi) is 9.39. The molecule has 0 aromatic heterocycles. The number of hydrogen-bond donors (Lipinski definition) is 0. The molecule has 0 fully saturated rings. The van der Waals surface area contributed by atoms with E-state index in [1.165, 1.54) is 44.9 Å². The Labute approximate surface area is 92.6 Å². The molecule has 0 saturated carbocycles. The van der Waals surface area contributed by atoms with Gasteiger partial charge in [-0.05, 0) is 12.3 Å². The second-order valence-electron chi connectivity index (χ2n) is 4.05. The van der Waals surface area contributed by atoms with Gasteiger partial charge < -0.3 is 0 Å². The summed E-state index contributed by atoms with van der Waals surface area (Å²) < 4.78 is 0. The highest BCUT2D eigenvalue weighted by Crippen LogP contribution is 2.22. The fourth-order valence-electron chi connectivity index (χ4n) is 1.77. The maximum atomic E-state index is 3.68. The van der Waals surface area contributed by atoms with Crippen LogP contribution in [0.5, 0.6) is 0 Å². The van der Waals surface area contributed by atoms with Gasteiger partial charge in [-0.2, -0.15) is 0 Å². The second-order valence-corrected chi connectivity index (χ2v) is 5.49. The van der Waals surface area contributed by atoms with Crippen LogP contribution < -0.4 is 0 Å². The summed E-state index contributed by atoms with van der Waals surface area (Å²) in [5, 5.41) is 0. The van der Waals surface area contributed by atoms with E-state index in [9.17, 15) is 0 Å². The summed E-state index contributed by atoms with van der Waals surface area (Å²) >= 11 is 3.68. The zero-order valence-corrected chi connectivity index (χ0v) is 11.1. The van der Waals surface area contributed by atoms with Crippen LogP contribution >= 0.6 is 15.9 Å². The molecule has 2 atom stereocenters. The van der Waals surface area contributed by atoms with Crippen molar-refractivity contribution in [3.05, 3.63) is 0 Å². The maximum Gasteiger partial charge on any atom is 0.0145 e. The molecule has 0 aliphatic rings. The van der Waals surface area contributed by atoms with Gasteiger partial charge in [-0.25, -0.2) is 0 Å². The number of hydrogen-bond acceptors (Lipinski definition) is 0. The first-order valence-electron chi connectivity index (χ1n) is 5.86. The zero-order chi connectivity index (χ0) is 10.1. The van der Waals surface area contributed by atoms with Crippen molar-refractivity contribution in [2.24, 2.45) is 5.92 Å². The normalized spacial score (nSPS) is 15.7. The Balaban J connectivity index is 3.28. The number of alkyl halides is 1. The summed E-state index contributed by atoms with van der Waals surface area (Å²) in [5.74, 6) is 0.890. The van der Waals surface area contributed by atoms with Gasteiger partial charge in [0.15, 0.2) is 0 Å². The molecular weight excluding hydrogens is 224 g/mol. The largest absolute Gasteiger partial charge is 0.0891 e. The van der Waals surface area contributed by atoms with E-state index in [2.05, 4.69) is 36.7 Å². The van der Waals surface area contributed by atoms with Gasteiger partial charge in [0.1, 0.15) is 0 Å². The molecule has 0 aromatic rings. The predicted molar refractivity (Wildman–Crippen MR) is 65.5 cm³/mol. The Morgan fingerprint density at radius 1 is 1.00 bits per heavy atom. The molecule has 0 aliphatic heterocycles. The molecule has 0 spiro atoms. The first-order chi connectivity index (χ1) is 6.22. The summed E-state index contributed by atoms with van der Waals surface area (Å²) in [4.78, 5) is 0.698. The Morgan fingerprint density at radius 2 is 1.62 bits per heavy atom. The highest BCUT2D eigenvalue weighted by atomic mass is 79.9. The lowest BCUT2D eigenvalue weighted by atomic mass is 9.96. The molecule has 0 rings (SSSR count). The number of halogens is 1. The fourth-order valence-corrected chi connectivity index (χ4v) is 2.41. The Bertz CT molecular complexity index is 99.3. The monoisotopic (exact) mass is 248 g/mol. The lowest BCUT2D eigenvalue weighted by Gasteiger charge is -2.16. The van der Waals surface area contributed by atoms with E-state index in [-0.39, 0.29) is 0 Å². The van der Waals surface area contributed by atoms with Crippen molar-refractivity contribution in [2.45, 2.75) is 70.5 Å². The average Bonchev–Trinajstić information content (AvgIpc) is 2.10. The SMILES string of the molecule is CCCCCCCC(CC)C(C)Br. The van der Waals surface area contributed by atoms with Gasteiger partial charge in [-0.1, -0.05) is 75.2 Å². The third-order valence-corrected chi connectivity index (χ3v) is 3.60. The average molecular weight is 249 g/mol. The van der Waals surface area contributed by atoms with Crippen LogP contribution in [0, 0.1) is 5.92 Å². The molecule has 0 heterocycles. The predicted octanol–water partition coefficient (Wildman–Crippen LogP) is 5.16. The molecule has 80 valence electrons. The zero-order valence-electron chi connectivity index (χ0n) is 9.48. The van der Waals surface area contributed by atoms with Crippen LogP contribution in [0.25, 0.3) is 0 Å². The Morgan fingerprint density at radius 3 is 2.08 bits per heavy atom. The van der Waals surface area contributed by atoms with Gasteiger partial charge in [0.05, 0.1) is 0 Å². The molecular formula is C12H25Br. The molecule has 0 aromatic carbocycles. The van der Waals surface area contributed by atoms with Gasteiger partial charge in [-0.15, -0.1) is 0 Å². The number of rotatable bonds is 8. The van der Waals surface area contributed by atoms with Gasteiger partial charge in [-0.3, -0.25) is 0 Å². The van der Waals surface area contributed by atoms with E-state index in [4.69, 9.17) is 0 Å². The van der Waals surface area contributed by atoms with Crippen molar-refractivity contribution < 1.29 is 0 Å². The van der Waals surface area contributed by atoms with Crippen molar-refractivity contribution in [3.8, 4) is 0 Å². The maximum absolute atomic E-state index is 3.68. The van der Waals surface area contributed by atoms with Crippen LogP contribution in [0.15, 0.2) is 0 Å². The van der Waals surface area contributed by atoms with Crippen LogP contribution in [0.4, 0.5) is 0 Å². The molecule has 0 aliphatic carbocycles. The smallest absolute Gasteiger partial charge is 0.0145 e. The van der Waals surface area contributed by atoms with Crippen LogP contribution in [0.1, 0.15) is 65.7 Å². The lowest BCUT2D eigenvalue weighted by molar-refractivity contribution is 0.440. The third kappa shape index (κ3) is 7.54. The van der Waals surface area contributed by atoms with Gasteiger partial charge in [0, 0.05) is 4.83 Å². The number of unbranched alkanes of at least 4 members (excludes halogenated alkanes) is 4. The van der Waals surface area contributed by atoms with Gasteiger partial charge >= 0.3 is 0 Å². The van der Waals surface area contributed by atoms with Crippen molar-refractivity contribution in [1.29, 1.82) is 0 Å². The molecule has 0 bridgehead atoms. The topological polar surface area (TPSA) is 0 Å². The van der Waals surface area contributed by atoms with Crippen LogP contribution in [-0.2, 0) is 0 Å². The summed E-state index contributed by atoms with van der Waals surface area (Å²) in [5.41, 5.74) is 0. The summed E-state index contributed by atoms with van der Waals surface area (Å²) in [6, 6.07) is 0. The summed E-state index contributed by atoms with van der Waals surface area (Å²) in [6.07, 6.45) is 9.79. The van der Waals surface area contributed by atoms with E-state index in [0.717, 1.165) is 5.92 Å². The van der Waals surface area contributed by atoms with E-state index >= 15 is 0 Å². The van der Waals surface area contributed by atoms with Crippen molar-refractivity contribution in [2.75, 3.05) is 0 Å². The summed E-state index contributed by atoms with van der Waals surface area (Å²) in [6.45, 7) is 6.85. The van der Waals surface area contributed by atoms with Crippen molar-refractivity contribution >= 4 is 15.9 Å². The first-order valence-corrected chi connectivity index (χ1v) is 6.78. The molecule has 13 heavy (non-hydrogen) atoms. The fraction of sp³-hybridized carbons (Fsp3) is 1.00. The van der Waals surface area contributed by atoms with Crippen LogP contribution in [0.3, 0.4) is 0 Å². The molecule has 0 nitrogen and oxygen atoms in total. The highest BCUT2D eigenvalue weighted by molar-refractivity contribution is 9.09. The second kappa shape index (κ2) is 9.05. The minimum absolute atomic E-state index is 0.698. The Hall–Kier alpha value is 0.480. The van der Waals surface area contributed by atoms with Gasteiger partial charge in [0.25, 0.3) is 0 Å². The van der Waals surface area contributed by atoms with Crippen LogP contribution in [-0.4, -0.2) is 4.83 Å². The van der Waals surface area contributed by atoms with E-state index in [0.29, 0.717) is 4.83 Å². The molecule has 2 unspecified atom stereocenters. The molecule has 0 N–H and O–H groups in total. The molecule has 0 radical (unpaired) electrons. The van der Waals surface area contributed by atoms with Gasteiger partial charge in [0.2, 0.25) is 0 Å².